The van der Waals surface area contributed by atoms with Crippen LogP contribution in [0.3, 0.4) is 0 Å². The van der Waals surface area contributed by atoms with Gasteiger partial charge in [0, 0.05) is 6.54 Å². The molecule has 2 heteroatoms. The standard InChI is InChI=1S/C13H19NO/c1-2-3-6-9-14-10-11-15-13-8-5-4-7-12(13)14/h4-5,7-8H,2-3,6,9-11H2,1H3. The molecule has 0 unspecified atom stereocenters. The number of anilines is 1. The van der Waals surface area contributed by atoms with E-state index in [9.17, 15) is 0 Å². The van der Waals surface area contributed by atoms with Crippen molar-refractivity contribution in [2.45, 2.75) is 26.2 Å². The molecular formula is C13H19NO. The number of unbranched alkanes of at least 4 members (excludes halogenated alkanes) is 2. The fourth-order valence-corrected chi connectivity index (χ4v) is 2.01. The summed E-state index contributed by atoms with van der Waals surface area (Å²) in [5.74, 6) is 1.04. The molecule has 0 aliphatic carbocycles. The monoisotopic (exact) mass is 205 g/mol. The molecule has 0 saturated carbocycles. The van der Waals surface area contributed by atoms with Gasteiger partial charge in [0.2, 0.25) is 0 Å². The Hall–Kier alpha value is -1.18. The SMILES string of the molecule is CCCCCN1CCOc2ccccc21. The molecule has 0 bridgehead atoms. The lowest BCUT2D eigenvalue weighted by Crippen LogP contribution is -2.33. The lowest BCUT2D eigenvalue weighted by Gasteiger charge is -2.31. The second-order valence-electron chi connectivity index (χ2n) is 4.01. The predicted molar refractivity (Wildman–Crippen MR) is 63.7 cm³/mol. The van der Waals surface area contributed by atoms with Gasteiger partial charge in [0.25, 0.3) is 0 Å². The van der Waals surface area contributed by atoms with Crippen molar-refractivity contribution in [3.63, 3.8) is 0 Å². The van der Waals surface area contributed by atoms with Crippen LogP contribution in [0.15, 0.2) is 24.3 Å². The summed E-state index contributed by atoms with van der Waals surface area (Å²) in [5.41, 5.74) is 1.26. The summed E-state index contributed by atoms with van der Waals surface area (Å²) in [6.07, 6.45) is 3.89. The normalized spacial score (nSPS) is 14.6. The van der Waals surface area contributed by atoms with E-state index < -0.39 is 0 Å². The molecule has 0 aromatic heterocycles. The van der Waals surface area contributed by atoms with Crippen molar-refractivity contribution in [2.75, 3.05) is 24.6 Å². The molecule has 1 aromatic rings. The second-order valence-corrected chi connectivity index (χ2v) is 4.01. The van der Waals surface area contributed by atoms with Crippen molar-refractivity contribution in [1.82, 2.24) is 0 Å². The number of para-hydroxylation sites is 2. The first-order valence-electron chi connectivity index (χ1n) is 5.88. The molecule has 0 spiro atoms. The van der Waals surface area contributed by atoms with Gasteiger partial charge in [-0.15, -0.1) is 0 Å². The summed E-state index contributed by atoms with van der Waals surface area (Å²) >= 11 is 0. The molecular weight excluding hydrogens is 186 g/mol. The Morgan fingerprint density at radius 3 is 3.00 bits per heavy atom. The molecule has 1 aliphatic heterocycles. The number of rotatable bonds is 4. The van der Waals surface area contributed by atoms with Crippen molar-refractivity contribution in [2.24, 2.45) is 0 Å². The maximum absolute atomic E-state index is 5.62. The van der Waals surface area contributed by atoms with Crippen molar-refractivity contribution in [1.29, 1.82) is 0 Å². The van der Waals surface area contributed by atoms with E-state index in [1.807, 2.05) is 6.07 Å². The Morgan fingerprint density at radius 1 is 1.27 bits per heavy atom. The average Bonchev–Trinajstić information content (AvgIpc) is 2.30. The average molecular weight is 205 g/mol. The van der Waals surface area contributed by atoms with E-state index in [2.05, 4.69) is 30.0 Å². The van der Waals surface area contributed by atoms with Crippen LogP contribution in [-0.2, 0) is 0 Å². The maximum Gasteiger partial charge on any atom is 0.142 e. The number of hydrogen-bond donors (Lipinski definition) is 0. The zero-order valence-corrected chi connectivity index (χ0v) is 9.41. The molecule has 1 aliphatic rings. The van der Waals surface area contributed by atoms with E-state index >= 15 is 0 Å². The third-order valence-electron chi connectivity index (χ3n) is 2.86. The molecule has 82 valence electrons. The summed E-state index contributed by atoms with van der Waals surface area (Å²) in [4.78, 5) is 2.44. The molecule has 0 N–H and O–H groups in total. The highest BCUT2D eigenvalue weighted by atomic mass is 16.5. The van der Waals surface area contributed by atoms with Crippen molar-refractivity contribution >= 4 is 5.69 Å². The van der Waals surface area contributed by atoms with Crippen LogP contribution in [0.5, 0.6) is 5.75 Å². The zero-order chi connectivity index (χ0) is 10.5. The van der Waals surface area contributed by atoms with E-state index in [1.165, 1.54) is 24.9 Å². The molecule has 2 rings (SSSR count). The Labute approximate surface area is 91.9 Å². The largest absolute Gasteiger partial charge is 0.490 e. The molecule has 0 amide bonds. The molecule has 1 heterocycles. The quantitative estimate of drug-likeness (QED) is 0.700. The molecule has 0 saturated heterocycles. The zero-order valence-electron chi connectivity index (χ0n) is 9.41. The molecule has 2 nitrogen and oxygen atoms in total. The summed E-state index contributed by atoms with van der Waals surface area (Å²) in [6.45, 7) is 5.26. The van der Waals surface area contributed by atoms with Crippen LogP contribution < -0.4 is 9.64 Å². The third kappa shape index (κ3) is 2.44. The van der Waals surface area contributed by atoms with E-state index in [4.69, 9.17) is 4.74 Å². The van der Waals surface area contributed by atoms with Gasteiger partial charge >= 0.3 is 0 Å². The Bertz CT molecular complexity index is 311. The van der Waals surface area contributed by atoms with Crippen molar-refractivity contribution in [3.8, 4) is 5.75 Å². The van der Waals surface area contributed by atoms with Crippen LogP contribution in [-0.4, -0.2) is 19.7 Å². The Balaban J connectivity index is 2.02. The van der Waals surface area contributed by atoms with Crippen molar-refractivity contribution < 1.29 is 4.74 Å². The van der Waals surface area contributed by atoms with Gasteiger partial charge in [-0.05, 0) is 18.6 Å². The van der Waals surface area contributed by atoms with Gasteiger partial charge in [-0.3, -0.25) is 0 Å². The molecule has 15 heavy (non-hydrogen) atoms. The third-order valence-corrected chi connectivity index (χ3v) is 2.86. The predicted octanol–water partition coefficient (Wildman–Crippen LogP) is 3.08. The summed E-state index contributed by atoms with van der Waals surface area (Å²) in [5, 5.41) is 0. The van der Waals surface area contributed by atoms with Gasteiger partial charge in [0.1, 0.15) is 12.4 Å². The Kier molecular flexibility index (Phi) is 3.49. The van der Waals surface area contributed by atoms with Crippen molar-refractivity contribution in [3.05, 3.63) is 24.3 Å². The summed E-state index contributed by atoms with van der Waals surface area (Å²) in [6, 6.07) is 8.33. The van der Waals surface area contributed by atoms with Crippen LogP contribution in [0.1, 0.15) is 26.2 Å². The minimum atomic E-state index is 0.823. The highest BCUT2D eigenvalue weighted by Gasteiger charge is 2.16. The van der Waals surface area contributed by atoms with Crippen LogP contribution >= 0.6 is 0 Å². The lowest BCUT2D eigenvalue weighted by atomic mass is 10.2. The molecule has 0 fully saturated rings. The van der Waals surface area contributed by atoms with Crippen LogP contribution in [0, 0.1) is 0 Å². The highest BCUT2D eigenvalue weighted by molar-refractivity contribution is 5.59. The van der Waals surface area contributed by atoms with Gasteiger partial charge in [-0.1, -0.05) is 31.9 Å². The topological polar surface area (TPSA) is 12.5 Å². The van der Waals surface area contributed by atoms with Crippen LogP contribution in [0.2, 0.25) is 0 Å². The number of nitrogens with zero attached hydrogens (tertiary/aromatic N) is 1. The second kappa shape index (κ2) is 5.06. The first-order chi connectivity index (χ1) is 7.42. The number of hydrogen-bond acceptors (Lipinski definition) is 2. The minimum Gasteiger partial charge on any atom is -0.490 e. The number of benzene rings is 1. The van der Waals surface area contributed by atoms with Gasteiger partial charge in [0.05, 0.1) is 12.2 Å². The van der Waals surface area contributed by atoms with Gasteiger partial charge in [-0.25, -0.2) is 0 Å². The smallest absolute Gasteiger partial charge is 0.142 e. The van der Waals surface area contributed by atoms with E-state index in [-0.39, 0.29) is 0 Å². The maximum atomic E-state index is 5.62. The highest BCUT2D eigenvalue weighted by Crippen LogP contribution is 2.30. The molecule has 0 atom stereocenters. The fraction of sp³-hybridized carbons (Fsp3) is 0.538. The van der Waals surface area contributed by atoms with E-state index in [0.717, 1.165) is 25.4 Å². The minimum absolute atomic E-state index is 0.823. The van der Waals surface area contributed by atoms with E-state index in [1.54, 1.807) is 0 Å². The molecule has 1 aromatic carbocycles. The number of ether oxygens (including phenoxy) is 1. The summed E-state index contributed by atoms with van der Waals surface area (Å²) < 4.78 is 5.62. The van der Waals surface area contributed by atoms with Crippen LogP contribution in [0.25, 0.3) is 0 Å². The van der Waals surface area contributed by atoms with Gasteiger partial charge in [-0.2, -0.15) is 0 Å². The lowest BCUT2D eigenvalue weighted by molar-refractivity contribution is 0.307. The van der Waals surface area contributed by atoms with E-state index in [0.29, 0.717) is 0 Å². The first kappa shape index (κ1) is 10.3. The fourth-order valence-electron chi connectivity index (χ4n) is 2.01. The number of fused-ring (bicyclic) bond motifs is 1. The van der Waals surface area contributed by atoms with Crippen LogP contribution in [0.4, 0.5) is 5.69 Å². The molecule has 0 radical (unpaired) electrons. The summed E-state index contributed by atoms with van der Waals surface area (Å²) in [7, 11) is 0. The van der Waals surface area contributed by atoms with Gasteiger partial charge in [0.15, 0.2) is 0 Å². The Morgan fingerprint density at radius 2 is 2.13 bits per heavy atom. The van der Waals surface area contributed by atoms with Gasteiger partial charge < -0.3 is 9.64 Å². The first-order valence-corrected chi connectivity index (χ1v) is 5.88.